The summed E-state index contributed by atoms with van der Waals surface area (Å²) in [5, 5.41) is 3.55. The fourth-order valence-corrected chi connectivity index (χ4v) is 3.81. The Kier molecular flexibility index (Phi) is 22.3. The van der Waals surface area contributed by atoms with E-state index < -0.39 is 0 Å². The van der Waals surface area contributed by atoms with Crippen molar-refractivity contribution in [3.05, 3.63) is 0 Å². The molecule has 0 aromatic rings. The quantitative estimate of drug-likeness (QED) is 0.230. The van der Waals surface area contributed by atoms with Gasteiger partial charge in [-0.1, -0.05) is 90.4 Å². The summed E-state index contributed by atoms with van der Waals surface area (Å²) in [6, 6.07) is 1.32. The Morgan fingerprint density at radius 2 is 1.04 bits per heavy atom. The highest BCUT2D eigenvalue weighted by Gasteiger charge is 1.94. The van der Waals surface area contributed by atoms with E-state index in [4.69, 9.17) is 4.43 Å². The molecule has 0 saturated carbocycles. The number of hydrogen-bond acceptors (Lipinski definition) is 2. The first kappa shape index (κ1) is 23.1. The summed E-state index contributed by atoms with van der Waals surface area (Å²) in [6.45, 7) is 4.70. The van der Waals surface area contributed by atoms with Crippen LogP contribution < -0.4 is 5.32 Å². The second-order valence-electron chi connectivity index (χ2n) is 7.05. The van der Waals surface area contributed by atoms with Crippen LogP contribution in [-0.4, -0.2) is 30.0 Å². The lowest BCUT2D eigenvalue weighted by molar-refractivity contribution is 0.438. The van der Waals surface area contributed by atoms with E-state index >= 15 is 0 Å². The summed E-state index contributed by atoms with van der Waals surface area (Å²) < 4.78 is 5.19. The van der Waals surface area contributed by atoms with Crippen molar-refractivity contribution in [1.29, 1.82) is 0 Å². The molecule has 0 amide bonds. The molecule has 3 heteroatoms. The minimum absolute atomic E-state index is 0.185. The molecule has 0 aliphatic rings. The first-order valence-electron chi connectivity index (χ1n) is 10.6. The molecule has 0 aliphatic heterocycles. The topological polar surface area (TPSA) is 21.3 Å². The normalized spacial score (nSPS) is 11.7. The lowest BCUT2D eigenvalue weighted by atomic mass is 10.0. The molecule has 0 heterocycles. The van der Waals surface area contributed by atoms with Crippen LogP contribution in [0, 0.1) is 0 Å². The van der Waals surface area contributed by atoms with Crippen molar-refractivity contribution in [3.8, 4) is 0 Å². The summed E-state index contributed by atoms with van der Waals surface area (Å²) in [7, 11) is 1.66. The first-order chi connectivity index (χ1) is 11.4. The van der Waals surface area contributed by atoms with Crippen LogP contribution in [0.2, 0.25) is 6.04 Å². The van der Waals surface area contributed by atoms with Crippen molar-refractivity contribution in [2.24, 2.45) is 0 Å². The molecule has 0 aliphatic carbocycles. The predicted octanol–water partition coefficient (Wildman–Crippen LogP) is 5.60. The molecule has 0 spiro atoms. The average Bonchev–Trinajstić information content (AvgIpc) is 2.57. The van der Waals surface area contributed by atoms with Gasteiger partial charge < -0.3 is 9.74 Å². The van der Waals surface area contributed by atoms with E-state index in [9.17, 15) is 0 Å². The second kappa shape index (κ2) is 22.1. The van der Waals surface area contributed by atoms with Gasteiger partial charge in [0.2, 0.25) is 0 Å². The highest BCUT2D eigenvalue weighted by Crippen LogP contribution is 2.12. The Hall–Kier alpha value is 0.137. The molecule has 0 rings (SSSR count). The van der Waals surface area contributed by atoms with E-state index in [0.717, 1.165) is 0 Å². The minimum Gasteiger partial charge on any atom is -0.427 e. The maximum atomic E-state index is 5.19. The summed E-state index contributed by atoms with van der Waals surface area (Å²) in [5.41, 5.74) is 0. The van der Waals surface area contributed by atoms with Crippen molar-refractivity contribution in [3.63, 3.8) is 0 Å². The molecule has 0 saturated heterocycles. The number of rotatable bonds is 20. The van der Waals surface area contributed by atoms with E-state index in [0.29, 0.717) is 0 Å². The first-order valence-corrected chi connectivity index (χ1v) is 12.2. The number of nitrogens with one attached hydrogen (secondary N) is 1. The van der Waals surface area contributed by atoms with E-state index in [1.165, 1.54) is 115 Å². The zero-order valence-corrected chi connectivity index (χ0v) is 17.8. The Labute approximate surface area is 149 Å². The summed E-state index contributed by atoms with van der Waals surface area (Å²) in [4.78, 5) is 0. The third-order valence-electron chi connectivity index (χ3n) is 4.66. The fourth-order valence-electron chi connectivity index (χ4n) is 3.07. The van der Waals surface area contributed by atoms with Gasteiger partial charge in [0.1, 0.15) is 0 Å². The zero-order valence-electron chi connectivity index (χ0n) is 16.3. The van der Waals surface area contributed by atoms with Crippen molar-refractivity contribution in [2.75, 3.05) is 20.2 Å². The second-order valence-corrected chi connectivity index (χ2v) is 8.74. The van der Waals surface area contributed by atoms with Gasteiger partial charge in [-0.05, 0) is 32.0 Å². The molecule has 2 nitrogen and oxygen atoms in total. The van der Waals surface area contributed by atoms with Crippen LogP contribution in [-0.2, 0) is 4.43 Å². The molecule has 1 N–H and O–H groups in total. The van der Waals surface area contributed by atoms with Gasteiger partial charge in [-0.15, -0.1) is 0 Å². The van der Waals surface area contributed by atoms with E-state index in [1.54, 1.807) is 0 Å². The molecule has 0 fully saturated rings. The van der Waals surface area contributed by atoms with Crippen LogP contribution in [0.4, 0.5) is 0 Å². The summed E-state index contributed by atoms with van der Waals surface area (Å²) in [5.74, 6) is 0. The van der Waals surface area contributed by atoms with Crippen LogP contribution in [0.5, 0.6) is 0 Å². The average molecular weight is 344 g/mol. The smallest absolute Gasteiger partial charge is 0.161 e. The third kappa shape index (κ3) is 22.1. The van der Waals surface area contributed by atoms with Gasteiger partial charge in [0.15, 0.2) is 9.76 Å². The van der Waals surface area contributed by atoms with Crippen LogP contribution in [0.3, 0.4) is 0 Å². The Balaban J connectivity index is 2.92. The highest BCUT2D eigenvalue weighted by atomic mass is 28.2. The van der Waals surface area contributed by atoms with Crippen LogP contribution in [0.25, 0.3) is 0 Å². The lowest BCUT2D eigenvalue weighted by Gasteiger charge is -2.05. The van der Waals surface area contributed by atoms with Gasteiger partial charge in [0, 0.05) is 7.11 Å². The SMILES string of the molecule is CCCCCCCCCCCCCCCCNCCC[SiH2]OC. The summed E-state index contributed by atoms with van der Waals surface area (Å²) >= 11 is 0. The van der Waals surface area contributed by atoms with Crippen molar-refractivity contribution >= 4 is 9.76 Å². The molecule has 0 unspecified atom stereocenters. The molecular formula is C20H45NOSi. The zero-order chi connectivity index (χ0) is 16.8. The van der Waals surface area contributed by atoms with E-state index in [2.05, 4.69) is 12.2 Å². The Morgan fingerprint density at radius 3 is 1.52 bits per heavy atom. The molecular weight excluding hydrogens is 298 g/mol. The monoisotopic (exact) mass is 343 g/mol. The van der Waals surface area contributed by atoms with Crippen molar-refractivity contribution < 1.29 is 4.43 Å². The lowest BCUT2D eigenvalue weighted by Crippen LogP contribution is -2.17. The summed E-state index contributed by atoms with van der Waals surface area (Å²) in [6.07, 6.45) is 21.5. The van der Waals surface area contributed by atoms with Crippen LogP contribution in [0.1, 0.15) is 103 Å². The fraction of sp³-hybridized carbons (Fsp3) is 1.00. The number of unbranched alkanes of at least 4 members (excludes halogenated alkanes) is 13. The van der Waals surface area contributed by atoms with E-state index in [-0.39, 0.29) is 9.76 Å². The predicted molar refractivity (Wildman–Crippen MR) is 108 cm³/mol. The molecule has 0 bridgehead atoms. The van der Waals surface area contributed by atoms with Crippen LogP contribution >= 0.6 is 0 Å². The maximum Gasteiger partial charge on any atom is 0.161 e. The largest absolute Gasteiger partial charge is 0.427 e. The molecule has 0 atom stereocenters. The third-order valence-corrected chi connectivity index (χ3v) is 5.86. The van der Waals surface area contributed by atoms with Gasteiger partial charge >= 0.3 is 0 Å². The molecule has 140 valence electrons. The highest BCUT2D eigenvalue weighted by molar-refractivity contribution is 6.26. The molecule has 0 aromatic heterocycles. The van der Waals surface area contributed by atoms with Crippen molar-refractivity contribution in [2.45, 2.75) is 109 Å². The standard InChI is InChI=1S/C20H45NOSi/c1-3-4-5-6-7-8-9-10-11-12-13-14-15-16-18-21-19-17-20-23-22-2/h21H,3-20,23H2,1-2H3. The van der Waals surface area contributed by atoms with Crippen LogP contribution in [0.15, 0.2) is 0 Å². The van der Waals surface area contributed by atoms with Gasteiger partial charge in [-0.2, -0.15) is 0 Å². The molecule has 0 radical (unpaired) electrons. The number of hydrogen-bond donors (Lipinski definition) is 1. The Morgan fingerprint density at radius 1 is 0.609 bits per heavy atom. The molecule has 0 aromatic carbocycles. The maximum absolute atomic E-state index is 5.19. The van der Waals surface area contributed by atoms with Gasteiger partial charge in [0.25, 0.3) is 0 Å². The van der Waals surface area contributed by atoms with Gasteiger partial charge in [-0.3, -0.25) is 0 Å². The van der Waals surface area contributed by atoms with Gasteiger partial charge in [0.05, 0.1) is 0 Å². The minimum atomic E-state index is -0.185. The van der Waals surface area contributed by atoms with Gasteiger partial charge in [-0.25, -0.2) is 0 Å². The Bertz CT molecular complexity index is 182. The van der Waals surface area contributed by atoms with Crippen molar-refractivity contribution in [1.82, 2.24) is 5.32 Å². The van der Waals surface area contributed by atoms with E-state index in [1.807, 2.05) is 7.11 Å². The molecule has 23 heavy (non-hydrogen) atoms.